The van der Waals surface area contributed by atoms with Crippen molar-refractivity contribution >= 4 is 23.5 Å². The van der Waals surface area contributed by atoms with E-state index in [-0.39, 0.29) is 18.0 Å². The van der Waals surface area contributed by atoms with E-state index in [0.717, 1.165) is 11.1 Å². The fourth-order valence-corrected chi connectivity index (χ4v) is 4.51. The average molecular weight is 500 g/mol. The minimum absolute atomic E-state index is 0.0543. The van der Waals surface area contributed by atoms with Gasteiger partial charge in [0.2, 0.25) is 0 Å². The zero-order chi connectivity index (χ0) is 25.2. The van der Waals surface area contributed by atoms with Gasteiger partial charge in [0, 0.05) is 24.9 Å². The standard InChI is InChI=1S/C27H24ClF2NO4/c1-27(14-17-6-8-21(28)23(30)12-17)15-20-13-19(7-9-24(20)35-27)26(34)31(16-25(32)33)11-10-18-4-2-3-5-22(18)29/h2-9,12-13H,10-11,14-16H2,1H3,(H,32,33)/t27-/m1/s1. The molecule has 35 heavy (non-hydrogen) atoms. The van der Waals surface area contributed by atoms with Gasteiger partial charge >= 0.3 is 5.97 Å². The monoisotopic (exact) mass is 499 g/mol. The molecule has 8 heteroatoms. The molecule has 3 aromatic rings. The lowest BCUT2D eigenvalue weighted by atomic mass is 9.91. The van der Waals surface area contributed by atoms with E-state index < -0.39 is 35.7 Å². The van der Waals surface area contributed by atoms with Crippen LogP contribution < -0.4 is 4.74 Å². The van der Waals surface area contributed by atoms with E-state index >= 15 is 0 Å². The van der Waals surface area contributed by atoms with Crippen LogP contribution >= 0.6 is 11.6 Å². The number of carboxylic acids is 1. The van der Waals surface area contributed by atoms with Crippen LogP contribution in [0.15, 0.2) is 60.7 Å². The van der Waals surface area contributed by atoms with Gasteiger partial charge in [-0.2, -0.15) is 0 Å². The van der Waals surface area contributed by atoms with E-state index in [0.29, 0.717) is 29.7 Å². The number of hydrogen-bond donors (Lipinski definition) is 1. The third-order valence-corrected chi connectivity index (χ3v) is 6.32. The van der Waals surface area contributed by atoms with Crippen molar-refractivity contribution in [3.05, 3.63) is 99.6 Å². The van der Waals surface area contributed by atoms with Crippen molar-refractivity contribution in [2.24, 2.45) is 0 Å². The molecular formula is C27H24ClF2NO4. The van der Waals surface area contributed by atoms with Crippen LogP contribution in [0.1, 0.15) is 34.0 Å². The fraction of sp³-hybridized carbons (Fsp3) is 0.259. The number of halogens is 3. The summed E-state index contributed by atoms with van der Waals surface area (Å²) in [6, 6.07) is 15.8. The van der Waals surface area contributed by atoms with Crippen LogP contribution in [0.2, 0.25) is 5.02 Å². The van der Waals surface area contributed by atoms with Gasteiger partial charge in [-0.05, 0) is 66.4 Å². The first-order valence-electron chi connectivity index (χ1n) is 11.1. The van der Waals surface area contributed by atoms with Crippen molar-refractivity contribution in [1.29, 1.82) is 0 Å². The molecule has 0 aliphatic carbocycles. The summed E-state index contributed by atoms with van der Waals surface area (Å²) >= 11 is 5.78. The lowest BCUT2D eigenvalue weighted by Gasteiger charge is -2.24. The molecule has 1 aliphatic rings. The summed E-state index contributed by atoms with van der Waals surface area (Å²) in [5, 5.41) is 9.36. The first kappa shape index (κ1) is 24.7. The number of aliphatic carboxylic acids is 1. The number of benzene rings is 3. The van der Waals surface area contributed by atoms with Crippen molar-refractivity contribution in [2.75, 3.05) is 13.1 Å². The molecule has 5 nitrogen and oxygen atoms in total. The Balaban J connectivity index is 1.49. The highest BCUT2D eigenvalue weighted by Crippen LogP contribution is 2.38. The van der Waals surface area contributed by atoms with Crippen LogP contribution in [-0.2, 0) is 24.1 Å². The van der Waals surface area contributed by atoms with Crippen molar-refractivity contribution < 1.29 is 28.2 Å². The molecule has 3 aromatic carbocycles. The van der Waals surface area contributed by atoms with Gasteiger partial charge in [-0.15, -0.1) is 0 Å². The van der Waals surface area contributed by atoms with Crippen LogP contribution in [0, 0.1) is 11.6 Å². The number of carboxylic acid groups (broad SMARTS) is 1. The number of hydrogen-bond acceptors (Lipinski definition) is 3. The molecule has 1 atom stereocenters. The topological polar surface area (TPSA) is 66.8 Å². The second-order valence-corrected chi connectivity index (χ2v) is 9.35. The number of fused-ring (bicyclic) bond motifs is 1. The zero-order valence-electron chi connectivity index (χ0n) is 19.1. The second kappa shape index (κ2) is 10.0. The summed E-state index contributed by atoms with van der Waals surface area (Å²) in [6.45, 7) is 1.46. The molecule has 0 aromatic heterocycles. The Labute approximate surface area is 206 Å². The van der Waals surface area contributed by atoms with Gasteiger partial charge in [0.15, 0.2) is 0 Å². The maximum atomic E-state index is 14.0. The number of carbonyl (C=O) groups excluding carboxylic acids is 1. The zero-order valence-corrected chi connectivity index (χ0v) is 19.8. The highest BCUT2D eigenvalue weighted by Gasteiger charge is 2.36. The van der Waals surface area contributed by atoms with Gasteiger partial charge in [0.05, 0.1) is 5.02 Å². The van der Waals surface area contributed by atoms with Gasteiger partial charge in [-0.3, -0.25) is 9.59 Å². The van der Waals surface area contributed by atoms with Gasteiger partial charge in [0.25, 0.3) is 5.91 Å². The molecule has 4 rings (SSSR count). The Morgan fingerprint density at radius 3 is 2.57 bits per heavy atom. The van der Waals surface area contributed by atoms with Crippen LogP contribution in [0.3, 0.4) is 0 Å². The Morgan fingerprint density at radius 2 is 1.86 bits per heavy atom. The van der Waals surface area contributed by atoms with Gasteiger partial charge in [-0.1, -0.05) is 35.9 Å². The number of nitrogens with zero attached hydrogens (tertiary/aromatic N) is 1. The van der Waals surface area contributed by atoms with Crippen LogP contribution in [-0.4, -0.2) is 40.6 Å². The van der Waals surface area contributed by atoms with E-state index in [4.69, 9.17) is 16.3 Å². The summed E-state index contributed by atoms with van der Waals surface area (Å²) in [6.07, 6.45) is 1.12. The molecule has 1 heterocycles. The van der Waals surface area contributed by atoms with E-state index in [1.807, 2.05) is 6.92 Å². The van der Waals surface area contributed by atoms with Gasteiger partial charge in [0.1, 0.15) is 29.5 Å². The summed E-state index contributed by atoms with van der Waals surface area (Å²) in [4.78, 5) is 25.8. The quantitative estimate of drug-likeness (QED) is 0.455. The van der Waals surface area contributed by atoms with Crippen LogP contribution in [0.5, 0.6) is 5.75 Å². The minimum atomic E-state index is -1.15. The molecule has 0 fully saturated rings. The van der Waals surface area contributed by atoms with Gasteiger partial charge in [-0.25, -0.2) is 8.78 Å². The van der Waals surface area contributed by atoms with E-state index in [9.17, 15) is 23.5 Å². The summed E-state index contributed by atoms with van der Waals surface area (Å²) < 4.78 is 34.0. The molecule has 182 valence electrons. The second-order valence-electron chi connectivity index (χ2n) is 8.94. The number of rotatable bonds is 8. The fourth-order valence-electron chi connectivity index (χ4n) is 4.39. The molecule has 0 bridgehead atoms. The molecule has 1 N–H and O–H groups in total. The van der Waals surface area contributed by atoms with Crippen LogP contribution in [0.4, 0.5) is 8.78 Å². The molecule has 0 spiro atoms. The lowest BCUT2D eigenvalue weighted by molar-refractivity contribution is -0.137. The predicted octanol–water partition coefficient (Wildman–Crippen LogP) is 5.32. The smallest absolute Gasteiger partial charge is 0.323 e. The minimum Gasteiger partial charge on any atom is -0.487 e. The summed E-state index contributed by atoms with van der Waals surface area (Å²) in [7, 11) is 0. The molecule has 0 saturated carbocycles. The maximum absolute atomic E-state index is 14.0. The van der Waals surface area contributed by atoms with Crippen molar-refractivity contribution in [3.63, 3.8) is 0 Å². The normalized spacial score (nSPS) is 16.5. The SMILES string of the molecule is C[C@@]1(Cc2ccc(Cl)c(F)c2)Cc2cc(C(=O)N(CCc3ccccc3F)CC(=O)O)ccc2O1. The highest BCUT2D eigenvalue weighted by molar-refractivity contribution is 6.30. The summed E-state index contributed by atoms with van der Waals surface area (Å²) in [5.74, 6) is -1.89. The Hall–Kier alpha value is -3.45. The van der Waals surface area contributed by atoms with E-state index in [1.165, 1.54) is 23.1 Å². The third kappa shape index (κ3) is 5.80. The molecule has 1 amide bonds. The maximum Gasteiger partial charge on any atom is 0.323 e. The molecule has 0 saturated heterocycles. The Kier molecular flexibility index (Phi) is 7.08. The molecular weight excluding hydrogens is 476 g/mol. The predicted molar refractivity (Wildman–Crippen MR) is 128 cm³/mol. The number of amides is 1. The van der Waals surface area contributed by atoms with Crippen molar-refractivity contribution in [2.45, 2.75) is 31.8 Å². The summed E-state index contributed by atoms with van der Waals surface area (Å²) in [5.41, 5.74) is 1.63. The lowest BCUT2D eigenvalue weighted by Crippen LogP contribution is -2.37. The Bertz CT molecular complexity index is 1280. The molecule has 0 radical (unpaired) electrons. The highest BCUT2D eigenvalue weighted by atomic mass is 35.5. The molecule has 1 aliphatic heterocycles. The van der Waals surface area contributed by atoms with E-state index in [1.54, 1.807) is 42.5 Å². The average Bonchev–Trinajstić information content (AvgIpc) is 3.14. The largest absolute Gasteiger partial charge is 0.487 e. The first-order chi connectivity index (χ1) is 16.6. The van der Waals surface area contributed by atoms with Crippen molar-refractivity contribution in [3.8, 4) is 5.75 Å². The third-order valence-electron chi connectivity index (χ3n) is 6.01. The van der Waals surface area contributed by atoms with Crippen LogP contribution in [0.25, 0.3) is 0 Å². The van der Waals surface area contributed by atoms with Crippen molar-refractivity contribution in [1.82, 2.24) is 4.90 Å². The number of ether oxygens (including phenoxy) is 1. The number of carbonyl (C=O) groups is 2. The molecule has 0 unspecified atom stereocenters. The van der Waals surface area contributed by atoms with Gasteiger partial charge < -0.3 is 14.7 Å². The van der Waals surface area contributed by atoms with E-state index in [2.05, 4.69) is 0 Å². The first-order valence-corrected chi connectivity index (χ1v) is 11.5. The Morgan fingerprint density at radius 1 is 1.09 bits per heavy atom.